The third-order valence-electron chi connectivity index (χ3n) is 5.74. The van der Waals surface area contributed by atoms with Crippen LogP contribution in [-0.2, 0) is 27.6 Å². The Bertz CT molecular complexity index is 1130. The van der Waals surface area contributed by atoms with Crippen molar-refractivity contribution in [2.24, 2.45) is 0 Å². The van der Waals surface area contributed by atoms with E-state index in [0.29, 0.717) is 29.2 Å². The van der Waals surface area contributed by atoms with Crippen LogP contribution in [0.5, 0.6) is 0 Å². The Morgan fingerprint density at radius 2 is 1.72 bits per heavy atom. The molecule has 0 radical (unpaired) electrons. The van der Waals surface area contributed by atoms with Gasteiger partial charge in [-0.2, -0.15) is 4.31 Å². The van der Waals surface area contributed by atoms with Crippen molar-refractivity contribution in [3.05, 3.63) is 45.8 Å². The molecule has 0 spiro atoms. The van der Waals surface area contributed by atoms with E-state index in [1.54, 1.807) is 7.05 Å². The van der Waals surface area contributed by atoms with Gasteiger partial charge in [0.15, 0.2) is 0 Å². The third kappa shape index (κ3) is 4.32. The van der Waals surface area contributed by atoms with E-state index < -0.39 is 10.0 Å². The number of hydrogen-bond acceptors (Lipinski definition) is 6. The Labute approximate surface area is 192 Å². The number of nitrogens with zero attached hydrogens (tertiary/aromatic N) is 1. The van der Waals surface area contributed by atoms with Gasteiger partial charge in [-0.15, -0.1) is 11.3 Å². The number of thiophene rings is 1. The van der Waals surface area contributed by atoms with E-state index in [-0.39, 0.29) is 28.9 Å². The number of benzene rings is 1. The van der Waals surface area contributed by atoms with E-state index in [1.165, 1.54) is 39.9 Å². The minimum absolute atomic E-state index is 0.136. The fourth-order valence-corrected chi connectivity index (χ4v) is 7.16. The standard InChI is InChI=1S/C22H27N3O5S2/c1-13-11-25(12-14(2)30-13)32(28,29)16-9-7-15(8-10-16)20(26)24-22-19(21(27)23-3)17-5-4-6-18(17)31-22/h7-10,13-14H,4-6,11-12H2,1-3H3,(H,23,27)(H,24,26)/t13-,14+. The zero-order valence-corrected chi connectivity index (χ0v) is 19.9. The second kappa shape index (κ2) is 8.93. The number of anilines is 1. The number of ether oxygens (including phenoxy) is 1. The van der Waals surface area contributed by atoms with E-state index in [0.717, 1.165) is 29.7 Å². The number of hydrogen-bond donors (Lipinski definition) is 2. The quantitative estimate of drug-likeness (QED) is 0.689. The molecule has 2 aliphatic rings. The van der Waals surface area contributed by atoms with Crippen LogP contribution in [0.15, 0.2) is 29.2 Å². The maximum atomic E-state index is 13.0. The molecule has 1 fully saturated rings. The van der Waals surface area contributed by atoms with Gasteiger partial charge in [-0.25, -0.2) is 8.42 Å². The van der Waals surface area contributed by atoms with Gasteiger partial charge in [0.25, 0.3) is 11.8 Å². The number of nitrogens with one attached hydrogen (secondary N) is 2. The minimum Gasteiger partial charge on any atom is -0.373 e. The van der Waals surface area contributed by atoms with Gasteiger partial charge in [-0.05, 0) is 62.9 Å². The topological polar surface area (TPSA) is 105 Å². The van der Waals surface area contributed by atoms with Crippen molar-refractivity contribution < 1.29 is 22.7 Å². The first-order valence-electron chi connectivity index (χ1n) is 10.6. The molecule has 1 aromatic heterocycles. The number of amides is 2. The average Bonchev–Trinajstić information content (AvgIpc) is 3.33. The van der Waals surface area contributed by atoms with E-state index in [9.17, 15) is 18.0 Å². The molecular formula is C22H27N3O5S2. The molecule has 2 N–H and O–H groups in total. The van der Waals surface area contributed by atoms with Crippen LogP contribution in [0.2, 0.25) is 0 Å². The van der Waals surface area contributed by atoms with Gasteiger partial charge in [-0.3, -0.25) is 9.59 Å². The predicted octanol–water partition coefficient (Wildman–Crippen LogP) is 2.65. The van der Waals surface area contributed by atoms with Crippen LogP contribution in [0.25, 0.3) is 0 Å². The van der Waals surface area contributed by atoms with Crippen molar-refractivity contribution in [1.82, 2.24) is 9.62 Å². The molecule has 172 valence electrons. The Hall–Kier alpha value is -2.27. The van der Waals surface area contributed by atoms with Gasteiger partial charge in [0.1, 0.15) is 5.00 Å². The summed E-state index contributed by atoms with van der Waals surface area (Å²) in [6.07, 6.45) is 2.39. The third-order valence-corrected chi connectivity index (χ3v) is 8.80. The molecule has 4 rings (SSSR count). The lowest BCUT2D eigenvalue weighted by Gasteiger charge is -2.34. The molecule has 32 heavy (non-hydrogen) atoms. The Morgan fingerprint density at radius 3 is 2.34 bits per heavy atom. The number of carbonyl (C=O) groups excluding carboxylic acids is 2. The molecule has 2 atom stereocenters. The molecule has 10 heteroatoms. The molecule has 0 bridgehead atoms. The Morgan fingerprint density at radius 1 is 1.06 bits per heavy atom. The van der Waals surface area contributed by atoms with E-state index in [1.807, 2.05) is 13.8 Å². The van der Waals surface area contributed by atoms with Crippen LogP contribution in [0.4, 0.5) is 5.00 Å². The molecule has 2 aromatic rings. The fourth-order valence-electron chi connectivity index (χ4n) is 4.29. The lowest BCUT2D eigenvalue weighted by molar-refractivity contribution is -0.0440. The van der Waals surface area contributed by atoms with Crippen LogP contribution in [0, 0.1) is 0 Å². The first-order valence-corrected chi connectivity index (χ1v) is 12.9. The van der Waals surface area contributed by atoms with Crippen molar-refractivity contribution in [2.45, 2.75) is 50.2 Å². The summed E-state index contributed by atoms with van der Waals surface area (Å²) in [5.41, 5.74) is 1.87. The molecular weight excluding hydrogens is 450 g/mol. The highest BCUT2D eigenvalue weighted by Crippen LogP contribution is 2.39. The largest absolute Gasteiger partial charge is 0.373 e. The summed E-state index contributed by atoms with van der Waals surface area (Å²) in [7, 11) is -2.11. The van der Waals surface area contributed by atoms with Gasteiger partial charge in [-0.1, -0.05) is 0 Å². The Balaban J connectivity index is 1.53. The molecule has 1 aromatic carbocycles. The van der Waals surface area contributed by atoms with E-state index in [2.05, 4.69) is 10.6 Å². The Kier molecular flexibility index (Phi) is 6.39. The predicted molar refractivity (Wildman–Crippen MR) is 123 cm³/mol. The summed E-state index contributed by atoms with van der Waals surface area (Å²) in [5.74, 6) is -0.595. The van der Waals surface area contributed by atoms with Gasteiger partial charge >= 0.3 is 0 Å². The maximum Gasteiger partial charge on any atom is 0.256 e. The zero-order chi connectivity index (χ0) is 23.0. The first-order chi connectivity index (χ1) is 15.2. The first kappa shape index (κ1) is 22.9. The van der Waals surface area contributed by atoms with Crippen molar-refractivity contribution in [3.63, 3.8) is 0 Å². The summed E-state index contributed by atoms with van der Waals surface area (Å²) < 4.78 is 33.1. The van der Waals surface area contributed by atoms with Crippen molar-refractivity contribution in [1.29, 1.82) is 0 Å². The molecule has 1 aliphatic heterocycles. The monoisotopic (exact) mass is 477 g/mol. The number of sulfonamides is 1. The summed E-state index contributed by atoms with van der Waals surface area (Å²) in [5, 5.41) is 6.03. The zero-order valence-electron chi connectivity index (χ0n) is 18.3. The summed E-state index contributed by atoms with van der Waals surface area (Å²) in [4.78, 5) is 26.5. The second-order valence-electron chi connectivity index (χ2n) is 8.20. The number of fused-ring (bicyclic) bond motifs is 1. The van der Waals surface area contributed by atoms with Crippen LogP contribution < -0.4 is 10.6 Å². The van der Waals surface area contributed by atoms with E-state index in [4.69, 9.17) is 4.74 Å². The number of rotatable bonds is 5. The van der Waals surface area contributed by atoms with Gasteiger partial charge in [0.2, 0.25) is 10.0 Å². The fraction of sp³-hybridized carbons (Fsp3) is 0.455. The van der Waals surface area contributed by atoms with Crippen molar-refractivity contribution in [2.75, 3.05) is 25.5 Å². The SMILES string of the molecule is CNC(=O)c1c(NC(=O)c2ccc(S(=O)(=O)N3C[C@@H](C)O[C@@H](C)C3)cc2)sc2c1CCC2. The summed E-state index contributed by atoms with van der Waals surface area (Å²) in [6.45, 7) is 4.28. The molecule has 8 nitrogen and oxygen atoms in total. The van der Waals surface area contributed by atoms with Gasteiger partial charge in [0, 0.05) is 30.6 Å². The molecule has 2 heterocycles. The van der Waals surface area contributed by atoms with E-state index >= 15 is 0 Å². The van der Waals surface area contributed by atoms with Gasteiger partial charge < -0.3 is 15.4 Å². The summed E-state index contributed by atoms with van der Waals surface area (Å²) in [6, 6.07) is 5.89. The molecule has 2 amide bonds. The highest BCUT2D eigenvalue weighted by Gasteiger charge is 2.32. The normalized spacial score (nSPS) is 21.2. The molecule has 1 aliphatic carbocycles. The van der Waals surface area contributed by atoms with Gasteiger partial charge in [0.05, 0.1) is 22.7 Å². The highest BCUT2D eigenvalue weighted by atomic mass is 32.2. The van der Waals surface area contributed by atoms with Crippen LogP contribution in [0.1, 0.15) is 51.4 Å². The maximum absolute atomic E-state index is 13.0. The smallest absolute Gasteiger partial charge is 0.256 e. The van der Waals surface area contributed by atoms with Crippen LogP contribution in [-0.4, -0.2) is 56.9 Å². The molecule has 0 unspecified atom stereocenters. The number of carbonyl (C=O) groups is 2. The van der Waals surface area contributed by atoms with Crippen molar-refractivity contribution >= 4 is 38.2 Å². The highest BCUT2D eigenvalue weighted by molar-refractivity contribution is 7.89. The molecule has 1 saturated heterocycles. The number of morpholine rings is 1. The van der Waals surface area contributed by atoms with Crippen molar-refractivity contribution in [3.8, 4) is 0 Å². The average molecular weight is 478 g/mol. The molecule has 0 saturated carbocycles. The van der Waals surface area contributed by atoms with Crippen LogP contribution in [0.3, 0.4) is 0 Å². The lowest BCUT2D eigenvalue weighted by atomic mass is 10.1. The number of aryl methyl sites for hydroxylation is 1. The van der Waals surface area contributed by atoms with Crippen LogP contribution >= 0.6 is 11.3 Å². The summed E-state index contributed by atoms with van der Waals surface area (Å²) >= 11 is 1.43. The lowest BCUT2D eigenvalue weighted by Crippen LogP contribution is -2.48. The minimum atomic E-state index is -3.68. The second-order valence-corrected chi connectivity index (χ2v) is 11.2.